The van der Waals surface area contributed by atoms with Crippen LogP contribution in [0, 0.1) is 0 Å². The number of morpholine rings is 1. The van der Waals surface area contributed by atoms with Gasteiger partial charge in [-0.05, 0) is 12.1 Å². The lowest BCUT2D eigenvalue weighted by Gasteiger charge is -2.28. The van der Waals surface area contributed by atoms with E-state index in [1.165, 1.54) is 0 Å². The Morgan fingerprint density at radius 1 is 1.37 bits per heavy atom. The van der Waals surface area contributed by atoms with Crippen LogP contribution in [0.25, 0.3) is 11.0 Å². The highest BCUT2D eigenvalue weighted by Gasteiger charge is 2.22. The van der Waals surface area contributed by atoms with Gasteiger partial charge in [0, 0.05) is 18.5 Å². The molecular formula is C14H16N2O3. The summed E-state index contributed by atoms with van der Waals surface area (Å²) in [7, 11) is 0. The molecular weight excluding hydrogens is 244 g/mol. The van der Waals surface area contributed by atoms with Crippen molar-refractivity contribution in [2.75, 3.05) is 26.3 Å². The Bertz CT molecular complexity index is 560. The molecule has 1 aliphatic rings. The summed E-state index contributed by atoms with van der Waals surface area (Å²) in [6.45, 7) is 1.76. The monoisotopic (exact) mass is 260 g/mol. The summed E-state index contributed by atoms with van der Waals surface area (Å²) in [5.41, 5.74) is 6.94. The summed E-state index contributed by atoms with van der Waals surface area (Å²) in [5.74, 6) is 0.693. The fraction of sp³-hybridized carbons (Fsp3) is 0.357. The lowest BCUT2D eigenvalue weighted by Crippen LogP contribution is -2.44. The maximum absolute atomic E-state index is 11.6. The summed E-state index contributed by atoms with van der Waals surface area (Å²) in [4.78, 5) is 13.4. The predicted octanol–water partition coefficient (Wildman–Crippen LogP) is 1.29. The molecule has 0 aliphatic carbocycles. The van der Waals surface area contributed by atoms with Crippen molar-refractivity contribution in [1.82, 2.24) is 4.90 Å². The minimum absolute atomic E-state index is 0.0159. The van der Waals surface area contributed by atoms with Crippen LogP contribution in [0.1, 0.15) is 11.8 Å². The van der Waals surface area contributed by atoms with Crippen LogP contribution in [0.15, 0.2) is 34.7 Å². The van der Waals surface area contributed by atoms with Gasteiger partial charge in [-0.2, -0.15) is 0 Å². The van der Waals surface area contributed by atoms with Gasteiger partial charge in [0.2, 0.25) is 5.91 Å². The molecule has 0 spiro atoms. The molecule has 19 heavy (non-hydrogen) atoms. The number of furan rings is 1. The van der Waals surface area contributed by atoms with Crippen molar-refractivity contribution in [3.05, 3.63) is 36.1 Å². The standard InChI is InChI=1S/C14H16N2O3/c15-11(8-16-5-6-18-9-14(16)17)13-7-10-3-1-2-4-12(10)19-13/h1-4,7,11H,5-6,8-9,15H2. The van der Waals surface area contributed by atoms with Crippen LogP contribution >= 0.6 is 0 Å². The number of nitrogens with two attached hydrogens (primary N) is 1. The van der Waals surface area contributed by atoms with Gasteiger partial charge in [0.05, 0.1) is 12.6 Å². The van der Waals surface area contributed by atoms with Crippen LogP contribution in [0.4, 0.5) is 0 Å². The largest absolute Gasteiger partial charge is 0.459 e. The van der Waals surface area contributed by atoms with E-state index >= 15 is 0 Å². The van der Waals surface area contributed by atoms with Gasteiger partial charge in [0.15, 0.2) is 0 Å². The van der Waals surface area contributed by atoms with Crippen molar-refractivity contribution < 1.29 is 13.9 Å². The molecule has 0 bridgehead atoms. The maximum atomic E-state index is 11.6. The molecule has 5 heteroatoms. The van der Waals surface area contributed by atoms with Crippen LogP contribution < -0.4 is 5.73 Å². The van der Waals surface area contributed by atoms with Crippen molar-refractivity contribution in [3.63, 3.8) is 0 Å². The average Bonchev–Trinajstić information content (AvgIpc) is 2.85. The minimum Gasteiger partial charge on any atom is -0.459 e. The van der Waals surface area contributed by atoms with Gasteiger partial charge in [0.25, 0.3) is 0 Å². The summed E-state index contributed by atoms with van der Waals surface area (Å²) in [6.07, 6.45) is 0. The Hall–Kier alpha value is -1.85. The van der Waals surface area contributed by atoms with Gasteiger partial charge < -0.3 is 19.8 Å². The smallest absolute Gasteiger partial charge is 0.248 e. The Labute approximate surface area is 110 Å². The normalized spacial score (nSPS) is 17.9. The molecule has 0 radical (unpaired) electrons. The van der Waals surface area contributed by atoms with E-state index in [1.807, 2.05) is 30.3 Å². The second kappa shape index (κ2) is 5.03. The number of amides is 1. The zero-order valence-corrected chi connectivity index (χ0v) is 10.5. The van der Waals surface area contributed by atoms with Gasteiger partial charge in [-0.15, -0.1) is 0 Å². The summed E-state index contributed by atoms with van der Waals surface area (Å²) in [5, 5.41) is 1.03. The van der Waals surface area contributed by atoms with Gasteiger partial charge in [-0.25, -0.2) is 0 Å². The van der Waals surface area contributed by atoms with Crippen molar-refractivity contribution in [1.29, 1.82) is 0 Å². The molecule has 1 saturated heterocycles. The molecule has 100 valence electrons. The molecule has 1 aromatic carbocycles. The molecule has 3 rings (SSSR count). The third-order valence-corrected chi connectivity index (χ3v) is 3.31. The van der Waals surface area contributed by atoms with E-state index in [-0.39, 0.29) is 18.6 Å². The van der Waals surface area contributed by atoms with Crippen LogP contribution in [0.2, 0.25) is 0 Å². The topological polar surface area (TPSA) is 68.7 Å². The first kappa shape index (κ1) is 12.2. The van der Waals surface area contributed by atoms with E-state index in [1.54, 1.807) is 4.90 Å². The number of ether oxygens (including phenoxy) is 1. The van der Waals surface area contributed by atoms with Crippen LogP contribution in [-0.4, -0.2) is 37.1 Å². The third kappa shape index (κ3) is 2.47. The lowest BCUT2D eigenvalue weighted by atomic mass is 10.2. The fourth-order valence-electron chi connectivity index (χ4n) is 2.26. The van der Waals surface area contributed by atoms with E-state index in [2.05, 4.69) is 0 Å². The number of carbonyl (C=O) groups is 1. The van der Waals surface area contributed by atoms with Crippen molar-refractivity contribution in [2.45, 2.75) is 6.04 Å². The maximum Gasteiger partial charge on any atom is 0.248 e. The first-order chi connectivity index (χ1) is 9.24. The van der Waals surface area contributed by atoms with Crippen LogP contribution in [0.3, 0.4) is 0 Å². The highest BCUT2D eigenvalue weighted by molar-refractivity contribution is 5.79. The summed E-state index contributed by atoms with van der Waals surface area (Å²) in [6, 6.07) is 9.39. The van der Waals surface area contributed by atoms with Gasteiger partial charge >= 0.3 is 0 Å². The predicted molar refractivity (Wildman–Crippen MR) is 70.5 cm³/mol. The van der Waals surface area contributed by atoms with E-state index in [9.17, 15) is 4.79 Å². The van der Waals surface area contributed by atoms with Gasteiger partial charge in [-0.3, -0.25) is 4.79 Å². The minimum atomic E-state index is -0.311. The Morgan fingerprint density at radius 2 is 2.21 bits per heavy atom. The Morgan fingerprint density at radius 3 is 3.00 bits per heavy atom. The molecule has 1 amide bonds. The molecule has 2 heterocycles. The molecule has 0 saturated carbocycles. The number of fused-ring (bicyclic) bond motifs is 1. The second-order valence-corrected chi connectivity index (χ2v) is 4.69. The number of carbonyl (C=O) groups excluding carboxylic acids is 1. The SMILES string of the molecule is NC(CN1CCOCC1=O)c1cc2ccccc2o1. The molecule has 1 fully saturated rings. The Balaban J connectivity index is 1.75. The third-order valence-electron chi connectivity index (χ3n) is 3.31. The number of hydrogen-bond acceptors (Lipinski definition) is 4. The second-order valence-electron chi connectivity index (χ2n) is 4.69. The van der Waals surface area contributed by atoms with E-state index in [0.29, 0.717) is 25.5 Å². The lowest BCUT2D eigenvalue weighted by molar-refractivity contribution is -0.142. The zero-order chi connectivity index (χ0) is 13.2. The van der Waals surface area contributed by atoms with Crippen molar-refractivity contribution in [3.8, 4) is 0 Å². The number of hydrogen-bond donors (Lipinski definition) is 1. The quantitative estimate of drug-likeness (QED) is 0.903. The summed E-state index contributed by atoms with van der Waals surface area (Å²) >= 11 is 0. The summed E-state index contributed by atoms with van der Waals surface area (Å²) < 4.78 is 10.8. The number of para-hydroxylation sites is 1. The average molecular weight is 260 g/mol. The Kier molecular flexibility index (Phi) is 3.23. The van der Waals surface area contributed by atoms with E-state index in [0.717, 1.165) is 11.0 Å². The van der Waals surface area contributed by atoms with Gasteiger partial charge in [-0.1, -0.05) is 18.2 Å². The fourth-order valence-corrected chi connectivity index (χ4v) is 2.26. The zero-order valence-electron chi connectivity index (χ0n) is 10.5. The van der Waals surface area contributed by atoms with Crippen LogP contribution in [-0.2, 0) is 9.53 Å². The molecule has 2 aromatic rings. The first-order valence-electron chi connectivity index (χ1n) is 6.33. The molecule has 2 N–H and O–H groups in total. The van der Waals surface area contributed by atoms with Gasteiger partial charge in [0.1, 0.15) is 18.0 Å². The van der Waals surface area contributed by atoms with E-state index < -0.39 is 0 Å². The number of benzene rings is 1. The molecule has 5 nitrogen and oxygen atoms in total. The van der Waals surface area contributed by atoms with E-state index in [4.69, 9.17) is 14.9 Å². The molecule has 1 aromatic heterocycles. The van der Waals surface area contributed by atoms with Crippen LogP contribution in [0.5, 0.6) is 0 Å². The number of rotatable bonds is 3. The number of nitrogens with zero attached hydrogens (tertiary/aromatic N) is 1. The van der Waals surface area contributed by atoms with Crippen molar-refractivity contribution >= 4 is 16.9 Å². The molecule has 1 unspecified atom stereocenters. The highest BCUT2D eigenvalue weighted by atomic mass is 16.5. The van der Waals surface area contributed by atoms with Crippen molar-refractivity contribution in [2.24, 2.45) is 5.73 Å². The highest BCUT2D eigenvalue weighted by Crippen LogP contribution is 2.23. The molecule has 1 aliphatic heterocycles. The first-order valence-corrected chi connectivity index (χ1v) is 6.33. The molecule has 1 atom stereocenters.